The van der Waals surface area contributed by atoms with Crippen LogP contribution in [0.2, 0.25) is 0 Å². The summed E-state index contributed by atoms with van der Waals surface area (Å²) in [5.74, 6) is 0. The predicted octanol–water partition coefficient (Wildman–Crippen LogP) is 2.08. The van der Waals surface area contributed by atoms with E-state index in [4.69, 9.17) is 4.74 Å². The van der Waals surface area contributed by atoms with Crippen LogP contribution in [0, 0.1) is 6.92 Å². The molecule has 0 aromatic carbocycles. The molecule has 0 amide bonds. The highest BCUT2D eigenvalue weighted by atomic mass is 16.5. The lowest BCUT2D eigenvalue weighted by atomic mass is 10.2. The summed E-state index contributed by atoms with van der Waals surface area (Å²) >= 11 is 0. The molecular weight excluding hydrogens is 262 g/mol. The summed E-state index contributed by atoms with van der Waals surface area (Å²) in [4.78, 5) is 9.70. The van der Waals surface area contributed by atoms with Crippen molar-refractivity contribution in [3.8, 4) is 0 Å². The summed E-state index contributed by atoms with van der Waals surface area (Å²) in [6, 6.07) is 6.30. The van der Waals surface area contributed by atoms with Crippen molar-refractivity contribution >= 4 is 0 Å². The molecule has 3 heterocycles. The summed E-state index contributed by atoms with van der Waals surface area (Å²) in [6.07, 6.45) is 4.19. The maximum absolute atomic E-state index is 6.05. The van der Waals surface area contributed by atoms with Crippen LogP contribution in [0.25, 0.3) is 0 Å². The normalized spacial score (nSPS) is 25.1. The minimum Gasteiger partial charge on any atom is -0.376 e. The maximum atomic E-state index is 6.05. The monoisotopic (exact) mass is 289 g/mol. The smallest absolute Gasteiger partial charge is 0.0828 e. The lowest BCUT2D eigenvalue weighted by Gasteiger charge is -2.26. The van der Waals surface area contributed by atoms with Gasteiger partial charge in [-0.1, -0.05) is 6.07 Å². The molecule has 4 nitrogen and oxygen atoms in total. The first kappa shape index (κ1) is 14.9. The summed E-state index contributed by atoms with van der Waals surface area (Å²) in [7, 11) is 0. The third-order valence-electron chi connectivity index (χ3n) is 4.43. The van der Waals surface area contributed by atoms with Gasteiger partial charge in [-0.2, -0.15) is 0 Å². The van der Waals surface area contributed by atoms with E-state index in [9.17, 15) is 0 Å². The SMILES string of the molecule is Cc1cccc(CN2CCCO[C@@H](CN3CCCC3)C2)n1. The average molecular weight is 289 g/mol. The van der Waals surface area contributed by atoms with E-state index >= 15 is 0 Å². The lowest BCUT2D eigenvalue weighted by Crippen LogP contribution is -2.39. The van der Waals surface area contributed by atoms with E-state index in [0.717, 1.165) is 44.9 Å². The van der Waals surface area contributed by atoms with Crippen molar-refractivity contribution in [3.05, 3.63) is 29.6 Å². The summed E-state index contributed by atoms with van der Waals surface area (Å²) < 4.78 is 6.05. The average Bonchev–Trinajstić information content (AvgIpc) is 2.86. The molecule has 4 heteroatoms. The molecule has 2 aliphatic rings. The van der Waals surface area contributed by atoms with E-state index in [0.29, 0.717) is 6.10 Å². The van der Waals surface area contributed by atoms with Crippen molar-refractivity contribution < 1.29 is 4.74 Å². The van der Waals surface area contributed by atoms with Crippen LogP contribution in [0.3, 0.4) is 0 Å². The second-order valence-corrected chi connectivity index (χ2v) is 6.36. The zero-order valence-corrected chi connectivity index (χ0v) is 13.1. The van der Waals surface area contributed by atoms with Gasteiger partial charge in [-0.15, -0.1) is 0 Å². The number of nitrogens with zero attached hydrogens (tertiary/aromatic N) is 3. The molecule has 0 saturated carbocycles. The minimum absolute atomic E-state index is 0.357. The fourth-order valence-corrected chi connectivity index (χ4v) is 3.39. The van der Waals surface area contributed by atoms with Crippen molar-refractivity contribution in [2.75, 3.05) is 39.3 Å². The van der Waals surface area contributed by atoms with Gasteiger partial charge in [0.15, 0.2) is 0 Å². The van der Waals surface area contributed by atoms with E-state index in [1.54, 1.807) is 0 Å². The molecule has 0 unspecified atom stereocenters. The summed E-state index contributed by atoms with van der Waals surface area (Å²) in [5.41, 5.74) is 2.28. The Morgan fingerprint density at radius 3 is 2.76 bits per heavy atom. The second kappa shape index (κ2) is 7.34. The zero-order valence-electron chi connectivity index (χ0n) is 13.1. The molecule has 0 radical (unpaired) electrons. The molecule has 1 aromatic rings. The van der Waals surface area contributed by atoms with Crippen molar-refractivity contribution in [1.82, 2.24) is 14.8 Å². The van der Waals surface area contributed by atoms with Gasteiger partial charge in [0.1, 0.15) is 0 Å². The Morgan fingerprint density at radius 1 is 1.14 bits per heavy atom. The molecule has 1 atom stereocenters. The second-order valence-electron chi connectivity index (χ2n) is 6.36. The van der Waals surface area contributed by atoms with Gasteiger partial charge in [-0.05, 0) is 51.4 Å². The first-order valence-electron chi connectivity index (χ1n) is 8.28. The van der Waals surface area contributed by atoms with Gasteiger partial charge in [0.25, 0.3) is 0 Å². The molecule has 116 valence electrons. The van der Waals surface area contributed by atoms with Crippen LogP contribution in [0.1, 0.15) is 30.7 Å². The van der Waals surface area contributed by atoms with Gasteiger partial charge < -0.3 is 9.64 Å². The van der Waals surface area contributed by atoms with E-state index in [1.165, 1.54) is 31.6 Å². The van der Waals surface area contributed by atoms with Crippen molar-refractivity contribution in [1.29, 1.82) is 0 Å². The Labute approximate surface area is 128 Å². The molecule has 3 rings (SSSR count). The van der Waals surface area contributed by atoms with E-state index in [-0.39, 0.29) is 0 Å². The third kappa shape index (κ3) is 4.50. The predicted molar refractivity (Wildman–Crippen MR) is 84.3 cm³/mol. The molecule has 0 N–H and O–H groups in total. The quantitative estimate of drug-likeness (QED) is 0.848. The lowest BCUT2D eigenvalue weighted by molar-refractivity contribution is 0.0306. The first-order chi connectivity index (χ1) is 10.3. The van der Waals surface area contributed by atoms with Crippen LogP contribution in [0.4, 0.5) is 0 Å². The van der Waals surface area contributed by atoms with E-state index in [1.807, 2.05) is 0 Å². The number of likely N-dealkylation sites (tertiary alicyclic amines) is 1. The standard InChI is InChI=1S/C17H27N3O/c1-15-6-4-7-16(18-15)12-20-10-5-11-21-17(14-20)13-19-8-2-3-9-19/h4,6-7,17H,2-3,5,8-14H2,1H3/t17-/m0/s1. The molecule has 2 aliphatic heterocycles. The van der Waals surface area contributed by atoms with Crippen molar-refractivity contribution in [2.45, 2.75) is 38.8 Å². The number of ether oxygens (including phenoxy) is 1. The van der Waals surface area contributed by atoms with Crippen LogP contribution in [-0.2, 0) is 11.3 Å². The molecule has 2 saturated heterocycles. The van der Waals surface area contributed by atoms with Crippen LogP contribution in [-0.4, -0.2) is 60.2 Å². The van der Waals surface area contributed by atoms with Crippen LogP contribution < -0.4 is 0 Å². The minimum atomic E-state index is 0.357. The fraction of sp³-hybridized carbons (Fsp3) is 0.706. The highest BCUT2D eigenvalue weighted by Gasteiger charge is 2.23. The molecule has 0 aliphatic carbocycles. The Kier molecular flexibility index (Phi) is 5.22. The molecular formula is C17H27N3O. The van der Waals surface area contributed by atoms with Crippen molar-refractivity contribution in [3.63, 3.8) is 0 Å². The van der Waals surface area contributed by atoms with Gasteiger partial charge in [-0.3, -0.25) is 9.88 Å². The van der Waals surface area contributed by atoms with Crippen LogP contribution >= 0.6 is 0 Å². The zero-order chi connectivity index (χ0) is 14.5. The number of aromatic nitrogens is 1. The highest BCUT2D eigenvalue weighted by Crippen LogP contribution is 2.14. The summed E-state index contributed by atoms with van der Waals surface area (Å²) in [6.45, 7) is 9.65. The molecule has 0 spiro atoms. The number of pyridine rings is 1. The number of aryl methyl sites for hydroxylation is 1. The summed E-state index contributed by atoms with van der Waals surface area (Å²) in [5, 5.41) is 0. The largest absolute Gasteiger partial charge is 0.376 e. The van der Waals surface area contributed by atoms with E-state index < -0.39 is 0 Å². The maximum Gasteiger partial charge on any atom is 0.0828 e. The van der Waals surface area contributed by atoms with Gasteiger partial charge in [-0.25, -0.2) is 0 Å². The van der Waals surface area contributed by atoms with Gasteiger partial charge in [0, 0.05) is 38.5 Å². The number of hydrogen-bond acceptors (Lipinski definition) is 4. The van der Waals surface area contributed by atoms with Crippen molar-refractivity contribution in [2.24, 2.45) is 0 Å². The number of hydrogen-bond donors (Lipinski definition) is 0. The Bertz CT molecular complexity index is 445. The Hall–Kier alpha value is -0.970. The van der Waals surface area contributed by atoms with Gasteiger partial charge >= 0.3 is 0 Å². The number of rotatable bonds is 4. The topological polar surface area (TPSA) is 28.6 Å². The molecule has 2 fully saturated rings. The Balaban J connectivity index is 1.56. The third-order valence-corrected chi connectivity index (χ3v) is 4.43. The van der Waals surface area contributed by atoms with Gasteiger partial charge in [0.2, 0.25) is 0 Å². The van der Waals surface area contributed by atoms with Gasteiger partial charge in [0.05, 0.1) is 11.8 Å². The molecule has 1 aromatic heterocycles. The molecule has 21 heavy (non-hydrogen) atoms. The fourth-order valence-electron chi connectivity index (χ4n) is 3.39. The molecule has 0 bridgehead atoms. The van der Waals surface area contributed by atoms with Crippen LogP contribution in [0.5, 0.6) is 0 Å². The highest BCUT2D eigenvalue weighted by molar-refractivity contribution is 5.09. The van der Waals surface area contributed by atoms with E-state index in [2.05, 4.69) is 39.9 Å². The van der Waals surface area contributed by atoms with Crippen LogP contribution in [0.15, 0.2) is 18.2 Å². The Morgan fingerprint density at radius 2 is 1.95 bits per heavy atom. The first-order valence-corrected chi connectivity index (χ1v) is 8.28.